The van der Waals surface area contributed by atoms with E-state index in [1.165, 1.54) is 5.56 Å². The zero-order valence-corrected chi connectivity index (χ0v) is 16.1. The summed E-state index contributed by atoms with van der Waals surface area (Å²) in [6.45, 7) is 1.64. The summed E-state index contributed by atoms with van der Waals surface area (Å²) in [5.74, 6) is 2.14. The minimum absolute atomic E-state index is 0.0611. The van der Waals surface area contributed by atoms with Crippen molar-refractivity contribution in [2.45, 2.75) is 19.3 Å². The lowest BCUT2D eigenvalue weighted by molar-refractivity contribution is -0.127. The third-order valence-electron chi connectivity index (χ3n) is 5.14. The lowest BCUT2D eigenvalue weighted by Gasteiger charge is -2.31. The van der Waals surface area contributed by atoms with Crippen molar-refractivity contribution in [3.8, 4) is 11.5 Å². The third kappa shape index (κ3) is 5.13. The Morgan fingerprint density at radius 1 is 1.07 bits per heavy atom. The maximum Gasteiger partial charge on any atom is 0.246 e. The average molecular weight is 365 g/mol. The molecule has 2 aromatic rings. The number of likely N-dealkylation sites (tertiary alicyclic amines) is 1. The summed E-state index contributed by atoms with van der Waals surface area (Å²) in [6.07, 6.45) is 6.67. The summed E-state index contributed by atoms with van der Waals surface area (Å²) in [7, 11) is 3.24. The first kappa shape index (κ1) is 19.0. The van der Waals surface area contributed by atoms with Crippen LogP contribution >= 0.6 is 0 Å². The number of benzene rings is 2. The Hall–Kier alpha value is -2.75. The van der Waals surface area contributed by atoms with E-state index in [-0.39, 0.29) is 5.91 Å². The number of piperidine rings is 1. The maximum atomic E-state index is 12.5. The lowest BCUT2D eigenvalue weighted by atomic mass is 9.90. The van der Waals surface area contributed by atoms with E-state index in [0.717, 1.165) is 43.7 Å². The number of hydrogen-bond acceptors (Lipinski definition) is 3. The van der Waals surface area contributed by atoms with Crippen molar-refractivity contribution in [1.82, 2.24) is 4.90 Å². The fourth-order valence-electron chi connectivity index (χ4n) is 3.53. The summed E-state index contributed by atoms with van der Waals surface area (Å²) in [5, 5.41) is 0. The minimum Gasteiger partial charge on any atom is -0.497 e. The molecule has 0 bridgehead atoms. The topological polar surface area (TPSA) is 38.8 Å². The Morgan fingerprint density at radius 3 is 2.48 bits per heavy atom. The largest absolute Gasteiger partial charge is 0.497 e. The predicted molar refractivity (Wildman–Crippen MR) is 108 cm³/mol. The summed E-state index contributed by atoms with van der Waals surface area (Å²) in [4.78, 5) is 14.5. The molecule has 1 aliphatic rings. The summed E-state index contributed by atoms with van der Waals surface area (Å²) in [6, 6.07) is 16.2. The number of carbonyl (C=O) groups excluding carboxylic acids is 1. The Morgan fingerprint density at radius 2 is 1.81 bits per heavy atom. The fourth-order valence-corrected chi connectivity index (χ4v) is 3.53. The Labute approximate surface area is 161 Å². The molecule has 4 nitrogen and oxygen atoms in total. The average Bonchev–Trinajstić information content (AvgIpc) is 2.73. The highest BCUT2D eigenvalue weighted by Crippen LogP contribution is 2.26. The molecule has 2 aromatic carbocycles. The van der Waals surface area contributed by atoms with Crippen molar-refractivity contribution in [2.24, 2.45) is 5.92 Å². The van der Waals surface area contributed by atoms with Gasteiger partial charge in [0, 0.05) is 30.8 Å². The van der Waals surface area contributed by atoms with Crippen LogP contribution in [-0.2, 0) is 11.2 Å². The van der Waals surface area contributed by atoms with Crippen LogP contribution in [0.15, 0.2) is 54.6 Å². The normalized spacial score (nSPS) is 15.1. The Balaban J connectivity index is 1.54. The first-order valence-electron chi connectivity index (χ1n) is 9.42. The molecule has 1 fully saturated rings. The molecule has 0 N–H and O–H groups in total. The van der Waals surface area contributed by atoms with Gasteiger partial charge in [-0.15, -0.1) is 0 Å². The van der Waals surface area contributed by atoms with Crippen molar-refractivity contribution < 1.29 is 14.3 Å². The highest BCUT2D eigenvalue weighted by molar-refractivity contribution is 5.92. The quantitative estimate of drug-likeness (QED) is 0.720. The van der Waals surface area contributed by atoms with Gasteiger partial charge < -0.3 is 14.4 Å². The van der Waals surface area contributed by atoms with Gasteiger partial charge in [0.1, 0.15) is 11.5 Å². The zero-order valence-electron chi connectivity index (χ0n) is 16.1. The van der Waals surface area contributed by atoms with Crippen LogP contribution in [-0.4, -0.2) is 38.1 Å². The standard InChI is InChI=1S/C23H27NO3/c1-26-21-10-8-20(22(17-21)27-2)9-11-23(25)24-14-12-19(13-15-24)16-18-6-4-3-5-7-18/h3-11,17,19H,12-16H2,1-2H3/b11-9+. The molecular weight excluding hydrogens is 338 g/mol. The third-order valence-corrected chi connectivity index (χ3v) is 5.14. The molecule has 1 aliphatic heterocycles. The zero-order chi connectivity index (χ0) is 19.1. The van der Waals surface area contributed by atoms with Gasteiger partial charge in [-0.3, -0.25) is 4.79 Å². The van der Waals surface area contributed by atoms with Crippen LogP contribution in [0.25, 0.3) is 6.08 Å². The molecule has 0 aromatic heterocycles. The van der Waals surface area contributed by atoms with Gasteiger partial charge in [0.05, 0.1) is 14.2 Å². The summed E-state index contributed by atoms with van der Waals surface area (Å²) < 4.78 is 10.6. The van der Waals surface area contributed by atoms with E-state index >= 15 is 0 Å². The molecule has 0 unspecified atom stereocenters. The van der Waals surface area contributed by atoms with Gasteiger partial charge in [-0.05, 0) is 49.0 Å². The second-order valence-electron chi connectivity index (χ2n) is 6.90. The molecule has 0 radical (unpaired) electrons. The van der Waals surface area contributed by atoms with E-state index in [4.69, 9.17) is 9.47 Å². The van der Waals surface area contributed by atoms with E-state index < -0.39 is 0 Å². The number of methoxy groups -OCH3 is 2. The molecule has 1 amide bonds. The van der Waals surface area contributed by atoms with E-state index in [1.807, 2.05) is 29.2 Å². The monoisotopic (exact) mass is 365 g/mol. The number of ether oxygens (including phenoxy) is 2. The first-order valence-corrected chi connectivity index (χ1v) is 9.42. The highest BCUT2D eigenvalue weighted by Gasteiger charge is 2.21. The van der Waals surface area contributed by atoms with Gasteiger partial charge in [-0.25, -0.2) is 0 Å². The molecule has 0 atom stereocenters. The van der Waals surface area contributed by atoms with E-state index in [1.54, 1.807) is 20.3 Å². The van der Waals surface area contributed by atoms with E-state index in [2.05, 4.69) is 30.3 Å². The smallest absolute Gasteiger partial charge is 0.246 e. The van der Waals surface area contributed by atoms with Crippen LogP contribution in [0.2, 0.25) is 0 Å². The molecule has 4 heteroatoms. The molecule has 27 heavy (non-hydrogen) atoms. The van der Waals surface area contributed by atoms with Crippen molar-refractivity contribution in [3.05, 3.63) is 65.7 Å². The second kappa shape index (κ2) is 9.26. The SMILES string of the molecule is COc1ccc(/C=C/C(=O)N2CCC(Cc3ccccc3)CC2)c(OC)c1. The summed E-state index contributed by atoms with van der Waals surface area (Å²) >= 11 is 0. The second-order valence-corrected chi connectivity index (χ2v) is 6.90. The van der Waals surface area contributed by atoms with E-state index in [9.17, 15) is 4.79 Å². The first-order chi connectivity index (χ1) is 13.2. The van der Waals surface area contributed by atoms with Gasteiger partial charge in [0.2, 0.25) is 5.91 Å². The number of hydrogen-bond donors (Lipinski definition) is 0. The van der Waals surface area contributed by atoms with Gasteiger partial charge in [0.15, 0.2) is 0 Å². The molecule has 0 aliphatic carbocycles. The van der Waals surface area contributed by atoms with Crippen LogP contribution in [0.3, 0.4) is 0 Å². The lowest BCUT2D eigenvalue weighted by Crippen LogP contribution is -2.37. The molecule has 1 heterocycles. The van der Waals surface area contributed by atoms with Crippen LogP contribution in [0.4, 0.5) is 0 Å². The van der Waals surface area contributed by atoms with Crippen LogP contribution in [0, 0.1) is 5.92 Å². The van der Waals surface area contributed by atoms with Gasteiger partial charge in [-0.2, -0.15) is 0 Å². The van der Waals surface area contributed by atoms with Crippen molar-refractivity contribution in [1.29, 1.82) is 0 Å². The molecule has 1 saturated heterocycles. The van der Waals surface area contributed by atoms with Crippen LogP contribution in [0.5, 0.6) is 11.5 Å². The number of nitrogens with zero attached hydrogens (tertiary/aromatic N) is 1. The van der Waals surface area contributed by atoms with Gasteiger partial charge >= 0.3 is 0 Å². The fraction of sp³-hybridized carbons (Fsp3) is 0.348. The molecule has 3 rings (SSSR count). The Bertz CT molecular complexity index is 777. The number of carbonyl (C=O) groups is 1. The van der Waals surface area contributed by atoms with E-state index in [0.29, 0.717) is 11.7 Å². The van der Waals surface area contributed by atoms with Crippen molar-refractivity contribution in [3.63, 3.8) is 0 Å². The molecule has 0 spiro atoms. The van der Waals surface area contributed by atoms with Gasteiger partial charge in [0.25, 0.3) is 0 Å². The predicted octanol–water partition coefficient (Wildman–Crippen LogP) is 4.20. The number of amides is 1. The molecular formula is C23H27NO3. The maximum absolute atomic E-state index is 12.5. The highest BCUT2D eigenvalue weighted by atomic mass is 16.5. The Kier molecular flexibility index (Phi) is 6.53. The summed E-state index contributed by atoms with van der Waals surface area (Å²) in [5.41, 5.74) is 2.25. The number of rotatable bonds is 6. The van der Waals surface area contributed by atoms with Crippen molar-refractivity contribution in [2.75, 3.05) is 27.3 Å². The van der Waals surface area contributed by atoms with Crippen molar-refractivity contribution >= 4 is 12.0 Å². The van der Waals surface area contributed by atoms with Crippen LogP contribution < -0.4 is 9.47 Å². The minimum atomic E-state index is 0.0611. The van der Waals surface area contributed by atoms with Gasteiger partial charge in [-0.1, -0.05) is 30.3 Å². The van der Waals surface area contributed by atoms with Crippen LogP contribution in [0.1, 0.15) is 24.0 Å². The molecule has 142 valence electrons. The molecule has 0 saturated carbocycles.